The van der Waals surface area contributed by atoms with Gasteiger partial charge in [-0.3, -0.25) is 19.9 Å². The van der Waals surface area contributed by atoms with Crippen LogP contribution < -0.4 is 10.1 Å². The normalized spacial score (nSPS) is 11.4. The average molecular weight is 340 g/mol. The first kappa shape index (κ1) is 16.7. The van der Waals surface area contributed by atoms with Crippen LogP contribution in [0.25, 0.3) is 11.4 Å². The number of aromatic nitrogens is 5. The van der Waals surface area contributed by atoms with Crippen molar-refractivity contribution in [2.24, 2.45) is 0 Å². The highest BCUT2D eigenvalue weighted by molar-refractivity contribution is 6.03. The Hall–Kier alpha value is -3.16. The number of amides is 1. The number of para-hydroxylation sites is 1. The van der Waals surface area contributed by atoms with Crippen LogP contribution in [0.3, 0.4) is 0 Å². The zero-order valence-corrected chi connectivity index (χ0v) is 14.6. The number of rotatable bonds is 4. The van der Waals surface area contributed by atoms with Crippen molar-refractivity contribution in [2.45, 2.75) is 26.3 Å². The molecule has 25 heavy (non-hydrogen) atoms. The molecule has 0 aliphatic rings. The summed E-state index contributed by atoms with van der Waals surface area (Å²) in [7, 11) is 1.59. The molecule has 0 saturated carbocycles. The van der Waals surface area contributed by atoms with Crippen molar-refractivity contribution in [3.05, 3.63) is 42.2 Å². The molecule has 0 saturated heterocycles. The van der Waals surface area contributed by atoms with Gasteiger partial charge in [-0.25, -0.2) is 0 Å². The molecule has 2 heterocycles. The van der Waals surface area contributed by atoms with Crippen LogP contribution in [0.5, 0.6) is 5.75 Å². The second-order valence-electron chi connectivity index (χ2n) is 6.51. The van der Waals surface area contributed by atoms with Gasteiger partial charge in [0.05, 0.1) is 30.0 Å². The van der Waals surface area contributed by atoms with Crippen molar-refractivity contribution < 1.29 is 9.53 Å². The summed E-state index contributed by atoms with van der Waals surface area (Å²) in [6.07, 6.45) is 3.22. The Bertz CT molecular complexity index is 890. The van der Waals surface area contributed by atoms with Gasteiger partial charge in [0.15, 0.2) is 5.82 Å². The van der Waals surface area contributed by atoms with E-state index in [1.54, 1.807) is 18.0 Å². The van der Waals surface area contributed by atoms with Crippen molar-refractivity contribution in [3.8, 4) is 17.1 Å². The maximum Gasteiger partial charge on any atom is 0.261 e. The summed E-state index contributed by atoms with van der Waals surface area (Å²) in [5.74, 6) is 1.05. The van der Waals surface area contributed by atoms with E-state index < -0.39 is 0 Å². The standard InChI is InChI=1S/C17H20N6O2/c1-17(2,3)23-10-11(9-18-23)15(24)20-16-19-14(21-22-16)12-7-5-6-8-13(12)25-4/h5-10H,1-4H3,(H2,19,20,21,22,24). The molecule has 2 N–H and O–H groups in total. The van der Waals surface area contributed by atoms with Gasteiger partial charge in [-0.2, -0.15) is 10.1 Å². The van der Waals surface area contributed by atoms with Crippen LogP contribution in [-0.2, 0) is 5.54 Å². The Balaban J connectivity index is 1.77. The molecule has 0 radical (unpaired) electrons. The van der Waals surface area contributed by atoms with Gasteiger partial charge in [0.1, 0.15) is 5.75 Å². The fourth-order valence-electron chi connectivity index (χ4n) is 2.26. The fraction of sp³-hybridized carbons (Fsp3) is 0.294. The topological polar surface area (TPSA) is 97.7 Å². The Morgan fingerprint density at radius 2 is 2.04 bits per heavy atom. The number of methoxy groups -OCH3 is 1. The largest absolute Gasteiger partial charge is 0.496 e. The molecule has 0 aliphatic carbocycles. The number of anilines is 1. The highest BCUT2D eigenvalue weighted by atomic mass is 16.5. The second-order valence-corrected chi connectivity index (χ2v) is 6.51. The molecule has 2 aromatic heterocycles. The minimum Gasteiger partial charge on any atom is -0.496 e. The van der Waals surface area contributed by atoms with E-state index in [9.17, 15) is 4.79 Å². The van der Waals surface area contributed by atoms with Crippen molar-refractivity contribution >= 4 is 11.9 Å². The first-order valence-corrected chi connectivity index (χ1v) is 7.81. The van der Waals surface area contributed by atoms with Crippen LogP contribution in [0.4, 0.5) is 5.95 Å². The minimum absolute atomic E-state index is 0.189. The van der Waals surface area contributed by atoms with Gasteiger partial charge in [-0.15, -0.1) is 5.10 Å². The number of carbonyl (C=O) groups is 1. The third-order valence-corrected chi connectivity index (χ3v) is 3.60. The van der Waals surface area contributed by atoms with Gasteiger partial charge in [0.2, 0.25) is 5.95 Å². The quantitative estimate of drug-likeness (QED) is 0.761. The molecule has 3 rings (SSSR count). The molecule has 0 aliphatic heterocycles. The number of hydrogen-bond donors (Lipinski definition) is 2. The van der Waals surface area contributed by atoms with E-state index in [0.717, 1.165) is 5.56 Å². The maximum absolute atomic E-state index is 12.3. The molecule has 1 amide bonds. The number of aromatic amines is 1. The number of benzene rings is 1. The predicted octanol–water partition coefficient (Wildman–Crippen LogP) is 2.68. The van der Waals surface area contributed by atoms with Gasteiger partial charge >= 0.3 is 0 Å². The molecule has 0 spiro atoms. The van der Waals surface area contributed by atoms with Crippen LogP contribution in [0.1, 0.15) is 31.1 Å². The lowest BCUT2D eigenvalue weighted by molar-refractivity contribution is 0.102. The molecule has 130 valence electrons. The molecule has 1 aromatic carbocycles. The van der Waals surface area contributed by atoms with Gasteiger partial charge in [-0.1, -0.05) is 12.1 Å². The highest BCUT2D eigenvalue weighted by Gasteiger charge is 2.18. The monoisotopic (exact) mass is 340 g/mol. The van der Waals surface area contributed by atoms with Crippen molar-refractivity contribution in [1.82, 2.24) is 25.0 Å². The molecule has 0 unspecified atom stereocenters. The van der Waals surface area contributed by atoms with Crippen LogP contribution in [0.15, 0.2) is 36.7 Å². The number of nitrogens with zero attached hydrogens (tertiary/aromatic N) is 4. The van der Waals surface area contributed by atoms with Gasteiger partial charge in [0.25, 0.3) is 5.91 Å². The lowest BCUT2D eigenvalue weighted by Gasteiger charge is -2.18. The average Bonchev–Trinajstić information content (AvgIpc) is 3.23. The number of carbonyl (C=O) groups excluding carboxylic acids is 1. The van der Waals surface area contributed by atoms with E-state index in [0.29, 0.717) is 17.1 Å². The maximum atomic E-state index is 12.3. The van der Waals surface area contributed by atoms with E-state index in [1.807, 2.05) is 45.0 Å². The highest BCUT2D eigenvalue weighted by Crippen LogP contribution is 2.27. The molecule has 0 atom stereocenters. The number of H-pyrrole nitrogens is 1. The summed E-state index contributed by atoms with van der Waals surface area (Å²) >= 11 is 0. The van der Waals surface area contributed by atoms with Crippen LogP contribution in [0, 0.1) is 0 Å². The summed E-state index contributed by atoms with van der Waals surface area (Å²) in [6.45, 7) is 6.03. The molecule has 8 nitrogen and oxygen atoms in total. The first-order chi connectivity index (χ1) is 11.9. The van der Waals surface area contributed by atoms with Crippen LogP contribution >= 0.6 is 0 Å². The number of hydrogen-bond acceptors (Lipinski definition) is 5. The Kier molecular flexibility index (Phi) is 4.26. The fourth-order valence-corrected chi connectivity index (χ4v) is 2.26. The van der Waals surface area contributed by atoms with E-state index in [2.05, 4.69) is 25.6 Å². The smallest absolute Gasteiger partial charge is 0.261 e. The van der Waals surface area contributed by atoms with E-state index in [4.69, 9.17) is 4.74 Å². The zero-order valence-electron chi connectivity index (χ0n) is 14.6. The minimum atomic E-state index is -0.318. The van der Waals surface area contributed by atoms with Crippen LogP contribution in [-0.4, -0.2) is 38.0 Å². The van der Waals surface area contributed by atoms with E-state index in [-0.39, 0.29) is 17.4 Å². The molecule has 8 heteroatoms. The van der Waals surface area contributed by atoms with Crippen molar-refractivity contribution in [1.29, 1.82) is 0 Å². The van der Waals surface area contributed by atoms with Gasteiger partial charge in [0, 0.05) is 6.20 Å². The Labute approximate surface area is 145 Å². The second kappa shape index (κ2) is 6.39. The van der Waals surface area contributed by atoms with E-state index >= 15 is 0 Å². The Morgan fingerprint density at radius 3 is 2.72 bits per heavy atom. The lowest BCUT2D eigenvalue weighted by atomic mass is 10.1. The molecule has 3 aromatic rings. The molecular weight excluding hydrogens is 320 g/mol. The molecular formula is C17H20N6O2. The summed E-state index contributed by atoms with van der Waals surface area (Å²) < 4.78 is 7.04. The summed E-state index contributed by atoms with van der Waals surface area (Å²) in [4.78, 5) is 16.6. The van der Waals surface area contributed by atoms with Gasteiger partial charge < -0.3 is 4.74 Å². The SMILES string of the molecule is COc1ccccc1-c1nc(NC(=O)c2cnn(C(C)(C)C)c2)n[nH]1. The van der Waals surface area contributed by atoms with Crippen LogP contribution in [0.2, 0.25) is 0 Å². The lowest BCUT2D eigenvalue weighted by Crippen LogP contribution is -2.22. The van der Waals surface area contributed by atoms with E-state index in [1.165, 1.54) is 6.20 Å². The Morgan fingerprint density at radius 1 is 1.28 bits per heavy atom. The number of nitrogens with one attached hydrogen (secondary N) is 2. The third-order valence-electron chi connectivity index (χ3n) is 3.60. The summed E-state index contributed by atoms with van der Waals surface area (Å²) in [5.41, 5.74) is 1.01. The summed E-state index contributed by atoms with van der Waals surface area (Å²) in [6, 6.07) is 7.43. The first-order valence-electron chi connectivity index (χ1n) is 7.81. The summed E-state index contributed by atoms with van der Waals surface area (Å²) in [5, 5.41) is 13.7. The predicted molar refractivity (Wildman–Crippen MR) is 93.5 cm³/mol. The molecule has 0 fully saturated rings. The number of ether oxygens (including phenoxy) is 1. The van der Waals surface area contributed by atoms with Crippen molar-refractivity contribution in [3.63, 3.8) is 0 Å². The van der Waals surface area contributed by atoms with Crippen molar-refractivity contribution in [2.75, 3.05) is 12.4 Å². The zero-order chi connectivity index (χ0) is 18.0. The van der Waals surface area contributed by atoms with Gasteiger partial charge in [-0.05, 0) is 32.9 Å². The molecule has 0 bridgehead atoms. The third kappa shape index (κ3) is 3.52.